The van der Waals surface area contributed by atoms with E-state index in [-0.39, 0.29) is 18.5 Å². The zero-order valence-electron chi connectivity index (χ0n) is 16.3. The minimum Gasteiger partial charge on any atom is -0.419 e. The number of hydrogen-bond donors (Lipinski definition) is 0. The molecule has 1 aliphatic carbocycles. The number of benzene rings is 2. The van der Waals surface area contributed by atoms with Crippen molar-refractivity contribution in [1.29, 1.82) is 0 Å². The van der Waals surface area contributed by atoms with Gasteiger partial charge in [0.15, 0.2) is 0 Å². The highest BCUT2D eigenvalue weighted by molar-refractivity contribution is 7.17. The summed E-state index contributed by atoms with van der Waals surface area (Å²) in [6.07, 6.45) is 1.97. The van der Waals surface area contributed by atoms with Gasteiger partial charge in [0, 0.05) is 26.5 Å². The molecule has 2 aromatic heterocycles. The van der Waals surface area contributed by atoms with E-state index in [2.05, 4.69) is 10.2 Å². The van der Waals surface area contributed by atoms with Gasteiger partial charge in [0.1, 0.15) is 0 Å². The molecular weight excluding hydrogens is 453 g/mol. The average Bonchev–Trinajstić information content (AvgIpc) is 3.31. The van der Waals surface area contributed by atoms with Crippen molar-refractivity contribution >= 4 is 40.4 Å². The quantitative estimate of drug-likeness (QED) is 0.320. The maximum Gasteiger partial charge on any atom is 0.264 e. The number of thiophene rings is 1. The summed E-state index contributed by atoms with van der Waals surface area (Å²) < 4.78 is 5.82. The van der Waals surface area contributed by atoms with Crippen molar-refractivity contribution in [2.24, 2.45) is 0 Å². The number of carbonyl (C=O) groups is 1. The van der Waals surface area contributed by atoms with Crippen LogP contribution >= 0.6 is 34.5 Å². The fraction of sp³-hybridized carbons (Fsp3) is 0.174. The lowest BCUT2D eigenvalue weighted by Crippen LogP contribution is -2.32. The van der Waals surface area contributed by atoms with Crippen LogP contribution in [0.15, 0.2) is 65.1 Å². The van der Waals surface area contributed by atoms with E-state index in [4.69, 9.17) is 27.6 Å². The Labute approximate surface area is 193 Å². The maximum atomic E-state index is 13.3. The summed E-state index contributed by atoms with van der Waals surface area (Å²) in [7, 11) is 0. The van der Waals surface area contributed by atoms with Crippen LogP contribution in [0.25, 0.3) is 21.9 Å². The molecule has 0 atom stereocenters. The maximum absolute atomic E-state index is 13.3. The molecule has 8 heteroatoms. The van der Waals surface area contributed by atoms with Gasteiger partial charge in [-0.3, -0.25) is 4.79 Å². The summed E-state index contributed by atoms with van der Waals surface area (Å²) in [6.45, 7) is 0.290. The topological polar surface area (TPSA) is 59.2 Å². The highest BCUT2D eigenvalue weighted by atomic mass is 35.5. The molecule has 5 rings (SSSR count). The second kappa shape index (κ2) is 8.46. The van der Waals surface area contributed by atoms with Gasteiger partial charge in [-0.05, 0) is 66.9 Å². The number of carbonyl (C=O) groups excluding carboxylic acids is 1. The van der Waals surface area contributed by atoms with Gasteiger partial charge in [0.2, 0.25) is 11.8 Å². The molecule has 1 amide bonds. The monoisotopic (exact) mass is 469 g/mol. The first kappa shape index (κ1) is 20.2. The molecule has 5 nitrogen and oxygen atoms in total. The first-order valence-corrected chi connectivity index (χ1v) is 11.4. The van der Waals surface area contributed by atoms with E-state index in [1.807, 2.05) is 53.4 Å². The molecule has 0 spiro atoms. The molecule has 2 aromatic carbocycles. The van der Waals surface area contributed by atoms with Gasteiger partial charge >= 0.3 is 0 Å². The standard InChI is InChI=1S/C23H17Cl2N3O2S/c24-16-5-1-14(2-6-16)19-11-12-20(31-19)23(29)28(18-9-10-18)13-21-26-27-22(30-21)15-3-7-17(25)8-4-15/h1-8,11-12,18H,9-10,13H2. The van der Waals surface area contributed by atoms with Crippen LogP contribution in [0.2, 0.25) is 10.0 Å². The second-order valence-corrected chi connectivity index (χ2v) is 9.30. The number of nitrogens with zero attached hydrogens (tertiary/aromatic N) is 3. The molecule has 0 bridgehead atoms. The van der Waals surface area contributed by atoms with Crippen molar-refractivity contribution in [1.82, 2.24) is 15.1 Å². The van der Waals surface area contributed by atoms with E-state index in [1.165, 1.54) is 11.3 Å². The van der Waals surface area contributed by atoms with Crippen molar-refractivity contribution in [2.45, 2.75) is 25.4 Å². The van der Waals surface area contributed by atoms with Crippen LogP contribution < -0.4 is 0 Å². The first-order chi connectivity index (χ1) is 15.1. The Morgan fingerprint density at radius 3 is 2.23 bits per heavy atom. The highest BCUT2D eigenvalue weighted by Crippen LogP contribution is 2.34. The summed E-state index contributed by atoms with van der Waals surface area (Å²) >= 11 is 13.4. The van der Waals surface area contributed by atoms with Crippen LogP contribution in [0.5, 0.6) is 0 Å². The van der Waals surface area contributed by atoms with E-state index >= 15 is 0 Å². The van der Waals surface area contributed by atoms with E-state index in [1.54, 1.807) is 12.1 Å². The molecule has 1 saturated carbocycles. The predicted molar refractivity (Wildman–Crippen MR) is 122 cm³/mol. The average molecular weight is 470 g/mol. The van der Waals surface area contributed by atoms with Crippen molar-refractivity contribution in [3.63, 3.8) is 0 Å². The van der Waals surface area contributed by atoms with Crippen LogP contribution in [0.3, 0.4) is 0 Å². The van der Waals surface area contributed by atoms with E-state index < -0.39 is 0 Å². The van der Waals surface area contributed by atoms with Crippen LogP contribution in [-0.2, 0) is 6.54 Å². The second-order valence-electron chi connectivity index (χ2n) is 7.34. The van der Waals surface area contributed by atoms with Gasteiger partial charge in [0.05, 0.1) is 11.4 Å². The summed E-state index contributed by atoms with van der Waals surface area (Å²) in [5.74, 6) is 0.814. The summed E-state index contributed by atoms with van der Waals surface area (Å²) in [5.41, 5.74) is 1.83. The lowest BCUT2D eigenvalue weighted by molar-refractivity contribution is 0.0719. The number of aromatic nitrogens is 2. The lowest BCUT2D eigenvalue weighted by Gasteiger charge is -2.19. The Morgan fingerprint density at radius 2 is 1.58 bits per heavy atom. The molecule has 2 heterocycles. The van der Waals surface area contributed by atoms with Gasteiger partial charge in [-0.25, -0.2) is 0 Å². The highest BCUT2D eigenvalue weighted by Gasteiger charge is 2.35. The van der Waals surface area contributed by atoms with Gasteiger partial charge in [-0.15, -0.1) is 21.5 Å². The van der Waals surface area contributed by atoms with Crippen molar-refractivity contribution in [3.8, 4) is 21.9 Å². The predicted octanol–water partition coefficient (Wildman–Crippen LogP) is 6.58. The number of halogens is 2. The smallest absolute Gasteiger partial charge is 0.264 e. The molecule has 0 unspecified atom stereocenters. The van der Waals surface area contributed by atoms with E-state index in [9.17, 15) is 4.79 Å². The Kier molecular flexibility index (Phi) is 5.52. The molecule has 31 heavy (non-hydrogen) atoms. The first-order valence-electron chi connectivity index (χ1n) is 9.82. The van der Waals surface area contributed by atoms with Crippen LogP contribution in [-0.4, -0.2) is 27.0 Å². The third kappa shape index (κ3) is 4.51. The van der Waals surface area contributed by atoms with Crippen LogP contribution in [0, 0.1) is 0 Å². The molecule has 0 aliphatic heterocycles. The molecule has 1 fully saturated rings. The van der Waals surface area contributed by atoms with Crippen LogP contribution in [0.4, 0.5) is 0 Å². The Morgan fingerprint density at radius 1 is 0.935 bits per heavy atom. The molecule has 0 saturated heterocycles. The van der Waals surface area contributed by atoms with Crippen molar-refractivity contribution in [2.75, 3.05) is 0 Å². The summed E-state index contributed by atoms with van der Waals surface area (Å²) in [6, 6.07) is 18.9. The van der Waals surface area contributed by atoms with Crippen LogP contribution in [0.1, 0.15) is 28.4 Å². The molecular formula is C23H17Cl2N3O2S. The summed E-state index contributed by atoms with van der Waals surface area (Å²) in [5, 5.41) is 9.61. The minimum absolute atomic E-state index is 0.0149. The zero-order chi connectivity index (χ0) is 21.4. The lowest BCUT2D eigenvalue weighted by atomic mass is 10.2. The number of amides is 1. The van der Waals surface area contributed by atoms with E-state index in [0.29, 0.717) is 26.7 Å². The minimum atomic E-state index is -0.0149. The Bertz CT molecular complexity index is 1210. The van der Waals surface area contributed by atoms with Gasteiger partial charge in [0.25, 0.3) is 5.91 Å². The molecule has 4 aromatic rings. The summed E-state index contributed by atoms with van der Waals surface area (Å²) in [4.78, 5) is 16.8. The Balaban J connectivity index is 1.34. The largest absolute Gasteiger partial charge is 0.419 e. The molecule has 1 aliphatic rings. The molecule has 156 valence electrons. The normalized spacial score (nSPS) is 13.4. The zero-order valence-corrected chi connectivity index (χ0v) is 18.6. The van der Waals surface area contributed by atoms with Crippen molar-refractivity contribution < 1.29 is 9.21 Å². The fourth-order valence-electron chi connectivity index (χ4n) is 3.29. The SMILES string of the molecule is O=C(c1ccc(-c2ccc(Cl)cc2)s1)N(Cc1nnc(-c2ccc(Cl)cc2)o1)C1CC1. The van der Waals surface area contributed by atoms with Gasteiger partial charge < -0.3 is 9.32 Å². The van der Waals surface area contributed by atoms with Gasteiger partial charge in [-0.2, -0.15) is 0 Å². The fourth-order valence-corrected chi connectivity index (χ4v) is 4.51. The Hall–Kier alpha value is -2.67. The van der Waals surface area contributed by atoms with Crippen molar-refractivity contribution in [3.05, 3.63) is 81.5 Å². The third-order valence-electron chi connectivity index (χ3n) is 5.06. The molecule has 0 N–H and O–H groups in total. The van der Waals surface area contributed by atoms with Gasteiger partial charge in [-0.1, -0.05) is 35.3 Å². The molecule has 0 radical (unpaired) electrons. The third-order valence-corrected chi connectivity index (χ3v) is 6.68. The van der Waals surface area contributed by atoms with E-state index in [0.717, 1.165) is 28.8 Å². The number of hydrogen-bond acceptors (Lipinski definition) is 5. The number of rotatable bonds is 6.